The Labute approximate surface area is 189 Å². The van der Waals surface area contributed by atoms with Crippen LogP contribution in [-0.2, 0) is 11.8 Å². The van der Waals surface area contributed by atoms with Crippen LogP contribution in [0, 0.1) is 5.41 Å². The minimum absolute atomic E-state index is 0.146. The maximum Gasteiger partial charge on any atom is 0.573 e. The Balaban J connectivity index is 1.77. The molecule has 3 aromatic rings. The van der Waals surface area contributed by atoms with Crippen LogP contribution in [0.2, 0.25) is 0 Å². The fraction of sp³-hybridized carbons (Fsp3) is 0.364. The average molecular weight is 487 g/mol. The van der Waals surface area contributed by atoms with E-state index < -0.39 is 35.1 Å². The van der Waals surface area contributed by atoms with Crippen molar-refractivity contribution in [3.63, 3.8) is 0 Å². The molecule has 0 amide bonds. The van der Waals surface area contributed by atoms with Gasteiger partial charge in [-0.15, -0.1) is 13.2 Å². The third-order valence-electron chi connectivity index (χ3n) is 5.82. The van der Waals surface area contributed by atoms with Crippen LogP contribution >= 0.6 is 0 Å². The molecule has 6 nitrogen and oxygen atoms in total. The highest BCUT2D eigenvalue weighted by atomic mass is 19.4. The first-order valence-electron chi connectivity index (χ1n) is 10.0. The predicted molar refractivity (Wildman–Crippen MR) is 106 cm³/mol. The second-order valence-corrected chi connectivity index (χ2v) is 8.52. The Morgan fingerprint density at radius 2 is 1.65 bits per heavy atom. The van der Waals surface area contributed by atoms with Crippen LogP contribution in [0.4, 0.5) is 26.3 Å². The molecule has 2 aromatic carbocycles. The zero-order valence-electron chi connectivity index (χ0n) is 17.9. The first-order valence-corrected chi connectivity index (χ1v) is 10.0. The summed E-state index contributed by atoms with van der Waals surface area (Å²) in [4.78, 5) is 5.33. The minimum Gasteiger partial charge on any atom is -0.406 e. The summed E-state index contributed by atoms with van der Waals surface area (Å²) in [6, 6.07) is 10.8. The van der Waals surface area contributed by atoms with Crippen molar-refractivity contribution in [1.29, 1.82) is 0 Å². The van der Waals surface area contributed by atoms with Gasteiger partial charge in [-0.2, -0.15) is 18.2 Å². The molecule has 1 unspecified atom stereocenters. The number of nitrogens with zero attached hydrogens (tertiary/aromatic N) is 3. The summed E-state index contributed by atoms with van der Waals surface area (Å²) in [5, 5.41) is 15.0. The molecule has 182 valence electrons. The fourth-order valence-electron chi connectivity index (χ4n) is 4.47. The lowest BCUT2D eigenvalue weighted by molar-refractivity contribution is -0.274. The number of hydrogen-bond acceptors (Lipinski definition) is 6. The maximum atomic E-state index is 12.9. The molecular formula is C22H19F6N3O3. The van der Waals surface area contributed by atoms with Crippen LogP contribution in [0.25, 0.3) is 11.5 Å². The van der Waals surface area contributed by atoms with Crippen LogP contribution in [0.5, 0.6) is 5.75 Å². The van der Waals surface area contributed by atoms with Crippen molar-refractivity contribution in [2.75, 3.05) is 20.1 Å². The van der Waals surface area contributed by atoms with Gasteiger partial charge in [0.25, 0.3) is 11.7 Å². The summed E-state index contributed by atoms with van der Waals surface area (Å²) >= 11 is 0. The predicted octanol–water partition coefficient (Wildman–Crippen LogP) is 4.84. The number of ether oxygens (including phenoxy) is 1. The van der Waals surface area contributed by atoms with Crippen LogP contribution in [0.1, 0.15) is 23.9 Å². The lowest BCUT2D eigenvalue weighted by Crippen LogP contribution is -2.63. The highest BCUT2D eigenvalue weighted by molar-refractivity contribution is 5.57. The number of aliphatic hydroxyl groups is 1. The topological polar surface area (TPSA) is 71.6 Å². The number of hydrogen-bond donors (Lipinski definition) is 1. The monoisotopic (exact) mass is 487 g/mol. The lowest BCUT2D eigenvalue weighted by Gasteiger charge is -2.56. The van der Waals surface area contributed by atoms with E-state index in [0.717, 1.165) is 12.1 Å². The fourth-order valence-corrected chi connectivity index (χ4v) is 4.47. The van der Waals surface area contributed by atoms with Gasteiger partial charge in [-0.3, -0.25) is 0 Å². The Bertz CT molecular complexity index is 1170. The quantitative estimate of drug-likeness (QED) is 0.520. The summed E-state index contributed by atoms with van der Waals surface area (Å²) in [7, 11) is 1.84. The molecule has 2 heterocycles. The van der Waals surface area contributed by atoms with Crippen molar-refractivity contribution in [3.05, 3.63) is 65.5 Å². The van der Waals surface area contributed by atoms with Gasteiger partial charge < -0.3 is 19.3 Å². The van der Waals surface area contributed by atoms with Crippen molar-refractivity contribution in [2.24, 2.45) is 5.41 Å². The van der Waals surface area contributed by atoms with Crippen molar-refractivity contribution >= 4 is 0 Å². The van der Waals surface area contributed by atoms with Crippen molar-refractivity contribution in [2.45, 2.75) is 25.1 Å². The molecule has 1 aromatic heterocycles. The van der Waals surface area contributed by atoms with Gasteiger partial charge in [-0.05, 0) is 42.4 Å². The summed E-state index contributed by atoms with van der Waals surface area (Å²) in [6.07, 6.45) is -9.65. The molecule has 12 heteroatoms. The summed E-state index contributed by atoms with van der Waals surface area (Å²) < 4.78 is 85.0. The minimum atomic E-state index is -4.87. The molecule has 1 aliphatic rings. The van der Waals surface area contributed by atoms with Crippen LogP contribution in [-0.4, -0.2) is 46.6 Å². The number of halogens is 6. The summed E-state index contributed by atoms with van der Waals surface area (Å²) in [5.41, 5.74) is -1.74. The number of aromatic nitrogens is 2. The number of alkyl halides is 6. The number of likely N-dealkylation sites (tertiary alicyclic amines) is 1. The Hall–Kier alpha value is -3.12. The van der Waals surface area contributed by atoms with E-state index in [9.17, 15) is 31.4 Å². The smallest absolute Gasteiger partial charge is 0.406 e. The van der Waals surface area contributed by atoms with Gasteiger partial charge in [0.05, 0.1) is 0 Å². The second kappa shape index (κ2) is 7.98. The highest BCUT2D eigenvalue weighted by Gasteiger charge is 2.55. The third kappa shape index (κ3) is 4.34. The third-order valence-corrected chi connectivity index (χ3v) is 5.82. The number of benzene rings is 2. The van der Waals surface area contributed by atoms with Gasteiger partial charge in [-0.25, -0.2) is 0 Å². The second-order valence-electron chi connectivity index (χ2n) is 8.52. The van der Waals surface area contributed by atoms with Crippen molar-refractivity contribution in [1.82, 2.24) is 15.0 Å². The summed E-state index contributed by atoms with van der Waals surface area (Å²) in [6.45, 7) is 2.72. The van der Waals surface area contributed by atoms with Gasteiger partial charge in [0.2, 0.25) is 0 Å². The highest BCUT2D eigenvalue weighted by Crippen LogP contribution is 2.50. The van der Waals surface area contributed by atoms with Crippen molar-refractivity contribution < 1.29 is 40.7 Å². The average Bonchev–Trinajstić information content (AvgIpc) is 3.22. The van der Waals surface area contributed by atoms with Crippen LogP contribution in [0.15, 0.2) is 53.1 Å². The molecule has 0 bridgehead atoms. The van der Waals surface area contributed by atoms with Gasteiger partial charge >= 0.3 is 12.5 Å². The zero-order chi connectivity index (χ0) is 24.9. The molecule has 1 fully saturated rings. The first-order chi connectivity index (χ1) is 15.7. The van der Waals surface area contributed by atoms with Crippen LogP contribution in [0.3, 0.4) is 0 Å². The lowest BCUT2D eigenvalue weighted by atomic mass is 9.62. The summed E-state index contributed by atoms with van der Waals surface area (Å²) in [5.74, 6) is -2.27. The molecule has 0 spiro atoms. The van der Waals surface area contributed by atoms with E-state index >= 15 is 0 Å². The van der Waals surface area contributed by atoms with Crippen molar-refractivity contribution in [3.8, 4) is 17.2 Å². The standard InChI is InChI=1S/C22H19F6N3O3/c1-19(11-31(2)12-19)20(32,14-6-8-16(9-7-14)33-22(26,27)28)15-5-3-4-13(10-15)17-29-18(30-34-17)21(23,24)25/h3-10,32H,11-12H2,1-2H3. The SMILES string of the molecule is CN1CC(C)(C(O)(c2ccc(OC(F)(F)F)cc2)c2cccc(-c3nc(C(F)(F)F)no3)c2)C1. The molecule has 0 aliphatic carbocycles. The van der Waals surface area contributed by atoms with E-state index in [1.807, 2.05) is 18.9 Å². The molecule has 0 radical (unpaired) electrons. The van der Waals surface area contributed by atoms with E-state index in [2.05, 4.69) is 14.9 Å². The molecule has 1 saturated heterocycles. The van der Waals surface area contributed by atoms with Crippen LogP contribution < -0.4 is 4.74 Å². The Morgan fingerprint density at radius 1 is 1.00 bits per heavy atom. The number of rotatable bonds is 5. The van der Waals surface area contributed by atoms with E-state index in [4.69, 9.17) is 4.52 Å². The van der Waals surface area contributed by atoms with E-state index in [1.54, 1.807) is 6.07 Å². The van der Waals surface area contributed by atoms with E-state index in [-0.39, 0.29) is 17.0 Å². The molecule has 1 N–H and O–H groups in total. The first kappa shape index (κ1) is 24.0. The molecule has 4 rings (SSSR count). The molecular weight excluding hydrogens is 468 g/mol. The molecule has 0 saturated carbocycles. The maximum absolute atomic E-state index is 12.9. The Kier molecular flexibility index (Phi) is 5.64. The molecule has 34 heavy (non-hydrogen) atoms. The van der Waals surface area contributed by atoms with Gasteiger partial charge in [0.15, 0.2) is 0 Å². The molecule has 1 atom stereocenters. The Morgan fingerprint density at radius 3 is 2.18 bits per heavy atom. The van der Waals surface area contributed by atoms with E-state index in [0.29, 0.717) is 18.7 Å². The zero-order valence-corrected chi connectivity index (χ0v) is 17.9. The van der Waals surface area contributed by atoms with Gasteiger partial charge in [-0.1, -0.05) is 36.3 Å². The molecule has 1 aliphatic heterocycles. The van der Waals surface area contributed by atoms with E-state index in [1.165, 1.54) is 30.3 Å². The normalized spacial score (nSPS) is 18.3. The van der Waals surface area contributed by atoms with Gasteiger partial charge in [0.1, 0.15) is 11.4 Å². The van der Waals surface area contributed by atoms with Gasteiger partial charge in [0, 0.05) is 24.1 Å². The largest absolute Gasteiger partial charge is 0.573 e.